The van der Waals surface area contributed by atoms with Crippen LogP contribution in [0.4, 0.5) is 0 Å². The van der Waals surface area contributed by atoms with E-state index in [1.54, 1.807) is 20.8 Å². The summed E-state index contributed by atoms with van der Waals surface area (Å²) in [4.78, 5) is 36.4. The number of ether oxygens (including phenoxy) is 2. The number of hydrogen-bond donors (Lipinski definition) is 1. The molecule has 0 atom stereocenters. The maximum Gasteiger partial charge on any atom is 0.348 e. The van der Waals surface area contributed by atoms with Crippen LogP contribution in [0.1, 0.15) is 44.3 Å². The van der Waals surface area contributed by atoms with E-state index in [1.807, 2.05) is 0 Å². The van der Waals surface area contributed by atoms with Crippen LogP contribution in [0.3, 0.4) is 0 Å². The Hall–Kier alpha value is -1.34. The number of hydrogen-bond acceptors (Lipinski definition) is 7. The zero-order valence-corrected chi connectivity index (χ0v) is 13.9. The summed E-state index contributed by atoms with van der Waals surface area (Å²) in [5, 5.41) is 0. The zero-order valence-electron chi connectivity index (χ0n) is 12.2. The van der Waals surface area contributed by atoms with Crippen molar-refractivity contribution in [3.05, 3.63) is 20.9 Å². The summed E-state index contributed by atoms with van der Waals surface area (Å²) >= 11 is 5.03. The molecule has 116 valence electrons. The molecule has 1 aromatic rings. The summed E-state index contributed by atoms with van der Waals surface area (Å²) in [5.41, 5.74) is 0.791. The molecular weight excluding hydrogens is 312 g/mol. The summed E-state index contributed by atoms with van der Waals surface area (Å²) < 4.78 is 9.97. The Labute approximate surface area is 133 Å². The second kappa shape index (κ2) is 8.19. The molecule has 0 amide bonds. The third kappa shape index (κ3) is 4.31. The molecule has 0 spiro atoms. The fraction of sp³-hybridized carbons (Fsp3) is 0.500. The van der Waals surface area contributed by atoms with Crippen molar-refractivity contribution in [3.63, 3.8) is 0 Å². The first kappa shape index (κ1) is 17.7. The highest BCUT2D eigenvalue weighted by atomic mass is 32.1. The number of carbonyl (C=O) groups excluding carboxylic acids is 3. The normalized spacial score (nSPS) is 10.3. The third-order valence-corrected chi connectivity index (χ3v) is 4.32. The monoisotopic (exact) mass is 330 g/mol. The van der Waals surface area contributed by atoms with Gasteiger partial charge in [-0.2, -0.15) is 12.6 Å². The lowest BCUT2D eigenvalue weighted by Crippen LogP contribution is -2.11. The van der Waals surface area contributed by atoms with Crippen LogP contribution in [0.5, 0.6) is 0 Å². The van der Waals surface area contributed by atoms with Crippen LogP contribution in [-0.2, 0) is 20.7 Å². The number of rotatable bonds is 7. The van der Waals surface area contributed by atoms with Gasteiger partial charge in [0, 0.05) is 17.1 Å². The summed E-state index contributed by atoms with van der Waals surface area (Å²) in [6, 6.07) is 0. The van der Waals surface area contributed by atoms with E-state index in [-0.39, 0.29) is 31.2 Å². The Bertz CT molecular complexity index is 548. The highest BCUT2D eigenvalue weighted by molar-refractivity contribution is 7.81. The van der Waals surface area contributed by atoms with Gasteiger partial charge in [0.1, 0.15) is 10.7 Å². The van der Waals surface area contributed by atoms with E-state index in [4.69, 9.17) is 9.47 Å². The van der Waals surface area contributed by atoms with E-state index in [0.717, 1.165) is 11.3 Å². The topological polar surface area (TPSA) is 69.7 Å². The van der Waals surface area contributed by atoms with Gasteiger partial charge in [-0.1, -0.05) is 0 Å². The van der Waals surface area contributed by atoms with Gasteiger partial charge in [0.05, 0.1) is 18.8 Å². The quantitative estimate of drug-likeness (QED) is 0.614. The molecule has 0 saturated carbocycles. The minimum atomic E-state index is -0.524. The molecule has 5 nitrogen and oxygen atoms in total. The van der Waals surface area contributed by atoms with Crippen LogP contribution in [0.2, 0.25) is 0 Å². The molecule has 1 rings (SSSR count). The standard InChI is InChI=1S/C14H18O5S2/c1-4-18-13(16)11-8(3)12(14(17)19-5-2)21-10(11)6-9(15)7-20/h20H,4-7H2,1-3H3. The summed E-state index contributed by atoms with van der Waals surface area (Å²) in [7, 11) is 0. The van der Waals surface area contributed by atoms with Gasteiger partial charge < -0.3 is 9.47 Å². The van der Waals surface area contributed by atoms with Crippen molar-refractivity contribution in [1.29, 1.82) is 0 Å². The number of carbonyl (C=O) groups is 3. The summed E-state index contributed by atoms with van der Waals surface area (Å²) in [6.07, 6.45) is 0.0581. The molecule has 0 unspecified atom stereocenters. The van der Waals surface area contributed by atoms with Crippen molar-refractivity contribution in [2.45, 2.75) is 27.2 Å². The lowest BCUT2D eigenvalue weighted by molar-refractivity contribution is -0.115. The van der Waals surface area contributed by atoms with Gasteiger partial charge in [-0.3, -0.25) is 4.79 Å². The van der Waals surface area contributed by atoms with Crippen molar-refractivity contribution in [1.82, 2.24) is 0 Å². The average Bonchev–Trinajstić information content (AvgIpc) is 2.76. The SMILES string of the molecule is CCOC(=O)c1sc(CC(=O)CS)c(C(=O)OCC)c1C. The molecule has 21 heavy (non-hydrogen) atoms. The predicted octanol–water partition coefficient (Wildman–Crippen LogP) is 2.45. The molecule has 7 heteroatoms. The van der Waals surface area contributed by atoms with Gasteiger partial charge >= 0.3 is 11.9 Å². The van der Waals surface area contributed by atoms with Crippen LogP contribution in [0.15, 0.2) is 0 Å². The second-order valence-corrected chi connectivity index (χ2v) is 5.59. The van der Waals surface area contributed by atoms with Gasteiger partial charge in [-0.15, -0.1) is 11.3 Å². The maximum absolute atomic E-state index is 12.1. The molecule has 0 fully saturated rings. The van der Waals surface area contributed by atoms with Crippen molar-refractivity contribution in [2.24, 2.45) is 0 Å². The third-order valence-electron chi connectivity index (χ3n) is 2.69. The van der Waals surface area contributed by atoms with Crippen molar-refractivity contribution >= 4 is 41.7 Å². The number of esters is 2. The molecular formula is C14H18O5S2. The van der Waals surface area contributed by atoms with Crippen molar-refractivity contribution in [3.8, 4) is 0 Å². The van der Waals surface area contributed by atoms with E-state index < -0.39 is 11.9 Å². The van der Waals surface area contributed by atoms with E-state index in [9.17, 15) is 14.4 Å². The first-order valence-electron chi connectivity index (χ1n) is 6.55. The fourth-order valence-corrected chi connectivity index (χ4v) is 3.12. The Morgan fingerprint density at radius 1 is 1.10 bits per heavy atom. The largest absolute Gasteiger partial charge is 0.462 e. The van der Waals surface area contributed by atoms with Crippen molar-refractivity contribution in [2.75, 3.05) is 19.0 Å². The Balaban J connectivity index is 3.26. The van der Waals surface area contributed by atoms with Crippen molar-refractivity contribution < 1.29 is 23.9 Å². The Morgan fingerprint density at radius 2 is 1.67 bits per heavy atom. The number of thiophene rings is 1. The number of Topliss-reactive ketones (excluding diaryl/α,β-unsaturated/α-hetero) is 1. The molecule has 0 aliphatic heterocycles. The first-order chi connectivity index (χ1) is 9.96. The van der Waals surface area contributed by atoms with E-state index >= 15 is 0 Å². The van der Waals surface area contributed by atoms with Crippen LogP contribution < -0.4 is 0 Å². The molecule has 0 saturated heterocycles. The fourth-order valence-electron chi connectivity index (χ4n) is 1.79. The number of thiol groups is 1. The first-order valence-corrected chi connectivity index (χ1v) is 8.00. The predicted molar refractivity (Wildman–Crippen MR) is 83.5 cm³/mol. The molecule has 0 aliphatic carbocycles. The summed E-state index contributed by atoms with van der Waals surface area (Å²) in [6.45, 7) is 5.53. The summed E-state index contributed by atoms with van der Waals surface area (Å²) in [5.74, 6) is -1.06. The minimum Gasteiger partial charge on any atom is -0.462 e. The molecule has 0 N–H and O–H groups in total. The Morgan fingerprint density at radius 3 is 2.19 bits per heavy atom. The van der Waals surface area contributed by atoms with E-state index in [1.165, 1.54) is 0 Å². The van der Waals surface area contributed by atoms with E-state index in [2.05, 4.69) is 12.6 Å². The molecule has 0 aromatic carbocycles. The smallest absolute Gasteiger partial charge is 0.348 e. The van der Waals surface area contributed by atoms with Gasteiger partial charge in [-0.05, 0) is 26.3 Å². The lowest BCUT2D eigenvalue weighted by atomic mass is 10.1. The van der Waals surface area contributed by atoms with Gasteiger partial charge in [0.25, 0.3) is 0 Å². The molecule has 0 bridgehead atoms. The maximum atomic E-state index is 12.1. The Kier molecular flexibility index (Phi) is 6.91. The molecule has 1 heterocycles. The lowest BCUT2D eigenvalue weighted by Gasteiger charge is -2.04. The van der Waals surface area contributed by atoms with Crippen LogP contribution >= 0.6 is 24.0 Å². The molecule has 0 aliphatic rings. The molecule has 1 aromatic heterocycles. The number of ketones is 1. The van der Waals surface area contributed by atoms with Crippen LogP contribution in [0.25, 0.3) is 0 Å². The van der Waals surface area contributed by atoms with Gasteiger partial charge in [-0.25, -0.2) is 9.59 Å². The van der Waals surface area contributed by atoms with E-state index in [0.29, 0.717) is 20.9 Å². The second-order valence-electron chi connectivity index (χ2n) is 4.17. The van der Waals surface area contributed by atoms with Gasteiger partial charge in [0.2, 0.25) is 0 Å². The average molecular weight is 330 g/mol. The zero-order chi connectivity index (χ0) is 16.0. The van der Waals surface area contributed by atoms with Crippen LogP contribution in [-0.4, -0.2) is 36.7 Å². The minimum absolute atomic E-state index is 0.0581. The molecule has 0 radical (unpaired) electrons. The van der Waals surface area contributed by atoms with Crippen LogP contribution in [0, 0.1) is 6.92 Å². The van der Waals surface area contributed by atoms with Gasteiger partial charge in [0.15, 0.2) is 0 Å². The highest BCUT2D eigenvalue weighted by Crippen LogP contribution is 2.30. The highest BCUT2D eigenvalue weighted by Gasteiger charge is 2.26.